The van der Waals surface area contributed by atoms with E-state index in [9.17, 15) is 12.8 Å². The highest BCUT2D eigenvalue weighted by molar-refractivity contribution is 7.89. The molecule has 0 amide bonds. The van der Waals surface area contributed by atoms with Crippen LogP contribution in [0.15, 0.2) is 23.1 Å². The monoisotopic (exact) mass is 290 g/mol. The third kappa shape index (κ3) is 4.15. The second kappa shape index (κ2) is 5.85. The Balaban J connectivity index is 2.87. The minimum Gasteiger partial charge on any atom is -0.489 e. The van der Waals surface area contributed by atoms with E-state index in [0.29, 0.717) is 12.8 Å². The molecule has 0 aliphatic carbocycles. The fourth-order valence-electron chi connectivity index (χ4n) is 1.45. The lowest BCUT2D eigenvalue weighted by Gasteiger charge is -2.26. The summed E-state index contributed by atoms with van der Waals surface area (Å²) in [6.07, 6.45) is 1.39. The van der Waals surface area contributed by atoms with Crippen LogP contribution in [0.1, 0.15) is 26.7 Å². The van der Waals surface area contributed by atoms with Gasteiger partial charge in [-0.3, -0.25) is 0 Å². The number of hydrogen-bond acceptors (Lipinski definition) is 4. The van der Waals surface area contributed by atoms with Crippen molar-refractivity contribution >= 4 is 10.0 Å². The van der Waals surface area contributed by atoms with Crippen molar-refractivity contribution in [2.75, 3.05) is 6.61 Å². The summed E-state index contributed by atoms with van der Waals surface area (Å²) in [5.41, 5.74) is 5.51. The van der Waals surface area contributed by atoms with Gasteiger partial charge in [0.15, 0.2) is 11.6 Å². The van der Waals surface area contributed by atoms with E-state index in [1.807, 2.05) is 13.8 Å². The molecule has 108 valence electrons. The number of ether oxygens (including phenoxy) is 1. The third-order valence-corrected chi connectivity index (χ3v) is 4.07. The van der Waals surface area contributed by atoms with Gasteiger partial charge in [-0.25, -0.2) is 17.9 Å². The van der Waals surface area contributed by atoms with E-state index in [1.54, 1.807) is 0 Å². The van der Waals surface area contributed by atoms with Crippen LogP contribution in [0.2, 0.25) is 0 Å². The molecule has 1 rings (SSSR count). The van der Waals surface area contributed by atoms with Gasteiger partial charge in [-0.05, 0) is 31.0 Å². The smallest absolute Gasteiger partial charge is 0.238 e. The van der Waals surface area contributed by atoms with Gasteiger partial charge in [0, 0.05) is 5.54 Å². The zero-order chi connectivity index (χ0) is 14.7. The zero-order valence-corrected chi connectivity index (χ0v) is 11.8. The molecule has 0 atom stereocenters. The summed E-state index contributed by atoms with van der Waals surface area (Å²) >= 11 is 0. The second-order valence-electron chi connectivity index (χ2n) is 4.50. The Morgan fingerprint density at radius 1 is 1.32 bits per heavy atom. The number of rotatable bonds is 6. The fourth-order valence-corrected chi connectivity index (χ4v) is 1.98. The van der Waals surface area contributed by atoms with E-state index < -0.39 is 21.4 Å². The lowest BCUT2D eigenvalue weighted by Crippen LogP contribution is -2.44. The average molecular weight is 290 g/mol. The number of halogens is 1. The molecule has 0 heterocycles. The molecule has 0 radical (unpaired) electrons. The summed E-state index contributed by atoms with van der Waals surface area (Å²) in [7, 11) is -3.91. The van der Waals surface area contributed by atoms with Crippen molar-refractivity contribution < 1.29 is 17.5 Å². The lowest BCUT2D eigenvalue weighted by atomic mass is 9.96. The standard InChI is InChI=1S/C12H19FN2O3S/c1-3-12(14,4-2)8-18-11-6-5-9(7-10(11)13)19(15,16)17/h5-7H,3-4,8,14H2,1-2H3,(H2,15,16,17). The summed E-state index contributed by atoms with van der Waals surface area (Å²) in [5.74, 6) is -0.815. The van der Waals surface area contributed by atoms with Gasteiger partial charge in [-0.1, -0.05) is 13.8 Å². The molecular formula is C12H19FN2O3S. The molecule has 1 aromatic rings. The van der Waals surface area contributed by atoms with Crippen LogP contribution in [0, 0.1) is 5.82 Å². The van der Waals surface area contributed by atoms with Gasteiger partial charge in [0.1, 0.15) is 6.61 Å². The van der Waals surface area contributed by atoms with Gasteiger partial charge in [-0.2, -0.15) is 0 Å². The minimum atomic E-state index is -3.91. The first-order chi connectivity index (χ1) is 8.72. The first-order valence-electron chi connectivity index (χ1n) is 5.96. The predicted molar refractivity (Wildman–Crippen MR) is 70.8 cm³/mol. The lowest BCUT2D eigenvalue weighted by molar-refractivity contribution is 0.200. The highest BCUT2D eigenvalue weighted by atomic mass is 32.2. The molecule has 0 fully saturated rings. The van der Waals surface area contributed by atoms with Crippen LogP contribution < -0.4 is 15.6 Å². The van der Waals surface area contributed by atoms with Crippen molar-refractivity contribution in [3.05, 3.63) is 24.0 Å². The molecule has 0 bridgehead atoms. The highest BCUT2D eigenvalue weighted by Crippen LogP contribution is 2.22. The van der Waals surface area contributed by atoms with Gasteiger partial charge in [-0.15, -0.1) is 0 Å². The average Bonchev–Trinajstić information content (AvgIpc) is 2.35. The second-order valence-corrected chi connectivity index (χ2v) is 6.06. The van der Waals surface area contributed by atoms with E-state index in [-0.39, 0.29) is 17.3 Å². The van der Waals surface area contributed by atoms with Crippen LogP contribution in [0.3, 0.4) is 0 Å². The van der Waals surface area contributed by atoms with Gasteiger partial charge in [0.05, 0.1) is 4.90 Å². The van der Waals surface area contributed by atoms with E-state index >= 15 is 0 Å². The Labute approximate surface area is 112 Å². The molecule has 0 spiro atoms. The van der Waals surface area contributed by atoms with Gasteiger partial charge < -0.3 is 10.5 Å². The summed E-state index contributed by atoms with van der Waals surface area (Å²) in [5, 5.41) is 4.91. The number of hydrogen-bond donors (Lipinski definition) is 2. The van der Waals surface area contributed by atoms with Crippen molar-refractivity contribution in [2.24, 2.45) is 10.9 Å². The summed E-state index contributed by atoms with van der Waals surface area (Å²) in [4.78, 5) is -0.289. The molecular weight excluding hydrogens is 271 g/mol. The molecule has 0 unspecified atom stereocenters. The minimum absolute atomic E-state index is 0.0378. The van der Waals surface area contributed by atoms with E-state index in [1.165, 1.54) is 12.1 Å². The van der Waals surface area contributed by atoms with Crippen LogP contribution in [0.25, 0.3) is 0 Å². The molecule has 19 heavy (non-hydrogen) atoms. The molecule has 7 heteroatoms. The Hall–Kier alpha value is -1.18. The highest BCUT2D eigenvalue weighted by Gasteiger charge is 2.22. The molecule has 0 aliphatic heterocycles. The van der Waals surface area contributed by atoms with Crippen LogP contribution in [-0.4, -0.2) is 20.6 Å². The Bertz CT molecular complexity index is 542. The molecule has 0 aromatic heterocycles. The predicted octanol–water partition coefficient (Wildman–Crippen LogP) is 1.37. The van der Waals surface area contributed by atoms with Gasteiger partial charge >= 0.3 is 0 Å². The first kappa shape index (κ1) is 15.9. The Morgan fingerprint density at radius 3 is 2.32 bits per heavy atom. The van der Waals surface area contributed by atoms with E-state index in [4.69, 9.17) is 15.6 Å². The van der Waals surface area contributed by atoms with Crippen LogP contribution >= 0.6 is 0 Å². The maximum atomic E-state index is 13.7. The third-order valence-electron chi connectivity index (χ3n) is 3.16. The SMILES string of the molecule is CCC(N)(CC)COc1ccc(S(N)(=O)=O)cc1F. The summed E-state index contributed by atoms with van der Waals surface area (Å²) in [6.45, 7) is 4.01. The fraction of sp³-hybridized carbons (Fsp3) is 0.500. The number of sulfonamides is 1. The van der Waals surface area contributed by atoms with Gasteiger partial charge in [0.25, 0.3) is 0 Å². The topological polar surface area (TPSA) is 95.4 Å². The molecule has 0 saturated carbocycles. The van der Waals surface area contributed by atoms with Crippen LogP contribution in [0.4, 0.5) is 4.39 Å². The molecule has 0 saturated heterocycles. The van der Waals surface area contributed by atoms with Crippen molar-refractivity contribution in [1.82, 2.24) is 0 Å². The number of primary sulfonamides is 1. The van der Waals surface area contributed by atoms with E-state index in [0.717, 1.165) is 6.07 Å². The van der Waals surface area contributed by atoms with Crippen LogP contribution in [-0.2, 0) is 10.0 Å². The summed E-state index contributed by atoms with van der Waals surface area (Å²) < 4.78 is 41.1. The quantitative estimate of drug-likeness (QED) is 0.827. The normalized spacial score (nSPS) is 12.5. The Morgan fingerprint density at radius 2 is 1.89 bits per heavy atom. The summed E-state index contributed by atoms with van der Waals surface area (Å²) in [6, 6.07) is 3.27. The maximum absolute atomic E-state index is 13.7. The van der Waals surface area contributed by atoms with E-state index in [2.05, 4.69) is 0 Å². The first-order valence-corrected chi connectivity index (χ1v) is 7.50. The van der Waals surface area contributed by atoms with Crippen molar-refractivity contribution in [2.45, 2.75) is 37.1 Å². The number of nitrogens with two attached hydrogens (primary N) is 2. The van der Waals surface area contributed by atoms with Crippen molar-refractivity contribution in [3.8, 4) is 5.75 Å². The molecule has 0 aliphatic rings. The molecule has 5 nitrogen and oxygen atoms in total. The molecule has 1 aromatic carbocycles. The van der Waals surface area contributed by atoms with Gasteiger partial charge in [0.2, 0.25) is 10.0 Å². The van der Waals surface area contributed by atoms with Crippen molar-refractivity contribution in [1.29, 1.82) is 0 Å². The number of benzene rings is 1. The van der Waals surface area contributed by atoms with Crippen LogP contribution in [0.5, 0.6) is 5.75 Å². The Kier molecular flexibility index (Phi) is 4.89. The molecule has 4 N–H and O–H groups in total. The largest absolute Gasteiger partial charge is 0.489 e. The van der Waals surface area contributed by atoms with Crippen molar-refractivity contribution in [3.63, 3.8) is 0 Å². The maximum Gasteiger partial charge on any atom is 0.238 e. The zero-order valence-electron chi connectivity index (χ0n) is 11.0.